The molecule has 30 heavy (non-hydrogen) atoms. The number of imidazole rings is 1. The Morgan fingerprint density at radius 2 is 2.23 bits per heavy atom. The largest absolute Gasteiger partial charge is 0.480 e. The number of nitrogens with zero attached hydrogens (tertiary/aromatic N) is 7. The van der Waals surface area contributed by atoms with Crippen molar-refractivity contribution in [2.45, 2.75) is 18.9 Å². The molecule has 0 spiro atoms. The van der Waals surface area contributed by atoms with Crippen LogP contribution >= 0.6 is 0 Å². The van der Waals surface area contributed by atoms with Crippen LogP contribution in [0.3, 0.4) is 0 Å². The molecule has 1 aromatic carbocycles. The van der Waals surface area contributed by atoms with E-state index in [1.165, 1.54) is 25.4 Å². The number of hydrogen-bond acceptors (Lipinski definition) is 9. The first-order valence-corrected chi connectivity index (χ1v) is 9.43. The van der Waals surface area contributed by atoms with E-state index in [-0.39, 0.29) is 23.2 Å². The smallest absolute Gasteiger partial charge is 0.271 e. The van der Waals surface area contributed by atoms with Gasteiger partial charge in [0.25, 0.3) is 5.69 Å². The van der Waals surface area contributed by atoms with Gasteiger partial charge in [0.05, 0.1) is 29.3 Å². The maximum Gasteiger partial charge on any atom is 0.271 e. The second-order valence-corrected chi connectivity index (χ2v) is 7.06. The highest BCUT2D eigenvalue weighted by molar-refractivity contribution is 5.81. The molecular formula is C19H20N8O3. The monoisotopic (exact) mass is 408 g/mol. The molecule has 154 valence electrons. The van der Waals surface area contributed by atoms with Gasteiger partial charge in [-0.15, -0.1) is 0 Å². The Morgan fingerprint density at radius 1 is 1.40 bits per heavy atom. The Balaban J connectivity index is 1.55. The average Bonchev–Trinajstić information content (AvgIpc) is 3.09. The SMILES string of the molecule is COc1nc(N[C@@H]2CCCN(c3nc4cc([N+](=O)[O-])ccc4n3C)C2)ncc1C#N. The molecule has 2 aromatic heterocycles. The summed E-state index contributed by atoms with van der Waals surface area (Å²) in [7, 11) is 3.37. The van der Waals surface area contributed by atoms with Gasteiger partial charge in [0.1, 0.15) is 11.6 Å². The third kappa shape index (κ3) is 3.55. The normalized spacial score (nSPS) is 16.3. The number of piperidine rings is 1. The Kier molecular flexibility index (Phi) is 5.05. The van der Waals surface area contributed by atoms with Crippen molar-refractivity contribution in [1.82, 2.24) is 19.5 Å². The summed E-state index contributed by atoms with van der Waals surface area (Å²) in [5, 5.41) is 23.4. The van der Waals surface area contributed by atoms with Crippen molar-refractivity contribution in [1.29, 1.82) is 5.26 Å². The minimum atomic E-state index is -0.416. The zero-order chi connectivity index (χ0) is 21.3. The molecule has 1 N–H and O–H groups in total. The summed E-state index contributed by atoms with van der Waals surface area (Å²) < 4.78 is 7.09. The van der Waals surface area contributed by atoms with E-state index in [1.54, 1.807) is 6.07 Å². The molecule has 3 heterocycles. The summed E-state index contributed by atoms with van der Waals surface area (Å²) >= 11 is 0. The lowest BCUT2D eigenvalue weighted by molar-refractivity contribution is -0.384. The molecule has 1 atom stereocenters. The number of rotatable bonds is 5. The Labute approximate surface area is 172 Å². The van der Waals surface area contributed by atoms with E-state index in [9.17, 15) is 10.1 Å². The number of anilines is 2. The number of ether oxygens (including phenoxy) is 1. The predicted molar refractivity (Wildman–Crippen MR) is 110 cm³/mol. The Morgan fingerprint density at radius 3 is 2.97 bits per heavy atom. The van der Waals surface area contributed by atoms with Crippen LogP contribution in [-0.4, -0.2) is 50.7 Å². The van der Waals surface area contributed by atoms with E-state index in [2.05, 4.69) is 25.2 Å². The fraction of sp³-hybridized carbons (Fsp3) is 0.368. The van der Waals surface area contributed by atoms with Crippen molar-refractivity contribution in [3.8, 4) is 11.9 Å². The topological polar surface area (TPSA) is 135 Å². The molecule has 1 aliphatic rings. The van der Waals surface area contributed by atoms with Gasteiger partial charge >= 0.3 is 0 Å². The lowest BCUT2D eigenvalue weighted by Crippen LogP contribution is -2.43. The van der Waals surface area contributed by atoms with E-state index in [0.29, 0.717) is 18.0 Å². The highest BCUT2D eigenvalue weighted by Gasteiger charge is 2.25. The molecule has 11 nitrogen and oxygen atoms in total. The first-order valence-electron chi connectivity index (χ1n) is 9.43. The maximum atomic E-state index is 11.1. The van der Waals surface area contributed by atoms with E-state index in [1.807, 2.05) is 17.7 Å². The molecule has 1 saturated heterocycles. The molecule has 11 heteroatoms. The van der Waals surface area contributed by atoms with Crippen LogP contribution < -0.4 is 15.0 Å². The van der Waals surface area contributed by atoms with Crippen molar-refractivity contribution < 1.29 is 9.66 Å². The second kappa shape index (κ2) is 7.82. The van der Waals surface area contributed by atoms with Crippen LogP contribution in [0.25, 0.3) is 11.0 Å². The highest BCUT2D eigenvalue weighted by Crippen LogP contribution is 2.27. The zero-order valence-corrected chi connectivity index (χ0v) is 16.6. The molecule has 3 aromatic rings. The van der Waals surface area contributed by atoms with Crippen LogP contribution in [0.5, 0.6) is 5.88 Å². The quantitative estimate of drug-likeness (QED) is 0.498. The molecular weight excluding hydrogens is 388 g/mol. The van der Waals surface area contributed by atoms with Gasteiger partial charge in [-0.1, -0.05) is 0 Å². The predicted octanol–water partition coefficient (Wildman–Crippen LogP) is 2.23. The fourth-order valence-corrected chi connectivity index (χ4v) is 3.70. The zero-order valence-electron chi connectivity index (χ0n) is 16.6. The summed E-state index contributed by atoms with van der Waals surface area (Å²) in [6.45, 7) is 1.50. The second-order valence-electron chi connectivity index (χ2n) is 7.06. The summed E-state index contributed by atoms with van der Waals surface area (Å²) in [5.74, 6) is 1.40. The number of nitrogens with one attached hydrogen (secondary N) is 1. The number of nitro benzene ring substituents is 1. The van der Waals surface area contributed by atoms with E-state index < -0.39 is 4.92 Å². The van der Waals surface area contributed by atoms with Crippen LogP contribution in [-0.2, 0) is 7.05 Å². The van der Waals surface area contributed by atoms with Crippen molar-refractivity contribution in [3.05, 3.63) is 40.1 Å². The number of nitriles is 1. The fourth-order valence-electron chi connectivity index (χ4n) is 3.70. The molecule has 0 unspecified atom stereocenters. The van der Waals surface area contributed by atoms with Gasteiger partial charge in [0, 0.05) is 38.3 Å². The van der Waals surface area contributed by atoms with Gasteiger partial charge in [0.15, 0.2) is 0 Å². The van der Waals surface area contributed by atoms with E-state index in [4.69, 9.17) is 10.00 Å². The third-order valence-electron chi connectivity index (χ3n) is 5.16. The Hall–Kier alpha value is -3.94. The minimum Gasteiger partial charge on any atom is -0.480 e. The number of aryl methyl sites for hydroxylation is 1. The standard InChI is InChI=1S/C19H20N8O3/c1-25-16-6-5-14(27(28)29)8-15(16)23-19(25)26-7-3-4-13(11-26)22-18-21-10-12(9-20)17(24-18)30-2/h5-6,8,10,13H,3-4,7,11H2,1-2H3,(H,21,22,24)/t13-/m1/s1. The number of non-ortho nitro benzene ring substituents is 1. The number of aromatic nitrogens is 4. The molecule has 4 rings (SSSR count). The van der Waals surface area contributed by atoms with E-state index in [0.717, 1.165) is 30.9 Å². The number of fused-ring (bicyclic) bond motifs is 1. The third-order valence-corrected chi connectivity index (χ3v) is 5.16. The van der Waals surface area contributed by atoms with Gasteiger partial charge in [-0.25, -0.2) is 9.97 Å². The van der Waals surface area contributed by atoms with Crippen molar-refractivity contribution >= 4 is 28.6 Å². The lowest BCUT2D eigenvalue weighted by atomic mass is 10.1. The molecule has 1 fully saturated rings. The average molecular weight is 408 g/mol. The molecule has 0 amide bonds. The number of nitro groups is 1. The number of hydrogen-bond donors (Lipinski definition) is 1. The van der Waals surface area contributed by atoms with Gasteiger partial charge in [0.2, 0.25) is 17.8 Å². The maximum absolute atomic E-state index is 11.1. The van der Waals surface area contributed by atoms with Crippen LogP contribution in [0.4, 0.5) is 17.6 Å². The van der Waals surface area contributed by atoms with Gasteiger partial charge < -0.3 is 19.5 Å². The highest BCUT2D eigenvalue weighted by atomic mass is 16.6. The van der Waals surface area contributed by atoms with Gasteiger partial charge in [-0.2, -0.15) is 10.2 Å². The van der Waals surface area contributed by atoms with Crippen molar-refractivity contribution in [3.63, 3.8) is 0 Å². The Bertz CT molecular complexity index is 1150. The molecule has 0 aliphatic carbocycles. The first kappa shape index (κ1) is 19.4. The lowest BCUT2D eigenvalue weighted by Gasteiger charge is -2.33. The molecule has 1 aliphatic heterocycles. The molecule has 0 radical (unpaired) electrons. The van der Waals surface area contributed by atoms with Crippen LogP contribution in [0.2, 0.25) is 0 Å². The van der Waals surface area contributed by atoms with Gasteiger partial charge in [-0.3, -0.25) is 10.1 Å². The summed E-state index contributed by atoms with van der Waals surface area (Å²) in [4.78, 5) is 25.9. The summed E-state index contributed by atoms with van der Waals surface area (Å²) in [6, 6.07) is 6.78. The summed E-state index contributed by atoms with van der Waals surface area (Å²) in [5.41, 5.74) is 1.74. The number of benzene rings is 1. The van der Waals surface area contributed by atoms with Crippen LogP contribution in [0.15, 0.2) is 24.4 Å². The first-order chi connectivity index (χ1) is 14.5. The van der Waals surface area contributed by atoms with Gasteiger partial charge in [-0.05, 0) is 18.9 Å². The van der Waals surface area contributed by atoms with Crippen LogP contribution in [0, 0.1) is 21.4 Å². The number of methoxy groups -OCH3 is 1. The van der Waals surface area contributed by atoms with Crippen molar-refractivity contribution in [2.24, 2.45) is 7.05 Å². The molecule has 0 saturated carbocycles. The van der Waals surface area contributed by atoms with Crippen molar-refractivity contribution in [2.75, 3.05) is 30.4 Å². The summed E-state index contributed by atoms with van der Waals surface area (Å²) in [6.07, 6.45) is 3.30. The minimum absolute atomic E-state index is 0.0252. The van der Waals surface area contributed by atoms with Crippen LogP contribution in [0.1, 0.15) is 18.4 Å². The van der Waals surface area contributed by atoms with E-state index >= 15 is 0 Å². The molecule has 0 bridgehead atoms.